The van der Waals surface area contributed by atoms with Gasteiger partial charge in [0, 0.05) is 18.8 Å². The number of para-hydroxylation sites is 1. The van der Waals surface area contributed by atoms with Crippen LogP contribution in [-0.2, 0) is 15.0 Å². The Bertz CT molecular complexity index is 886. The number of likely N-dealkylation sites (tertiary alicyclic amines) is 1. The Morgan fingerprint density at radius 1 is 1.11 bits per heavy atom. The summed E-state index contributed by atoms with van der Waals surface area (Å²) in [6.45, 7) is 0.944. The number of carbonyl (C=O) groups excluding carboxylic acids is 2. The molecule has 0 aliphatic carbocycles. The molecule has 138 valence electrons. The van der Waals surface area contributed by atoms with Crippen molar-refractivity contribution >= 4 is 23.2 Å². The van der Waals surface area contributed by atoms with Crippen LogP contribution in [0.4, 0.5) is 11.4 Å². The number of nitrogens with zero attached hydrogens (tertiary/aromatic N) is 2. The van der Waals surface area contributed by atoms with E-state index in [2.05, 4.69) is 10.5 Å². The molecule has 0 unspecified atom stereocenters. The number of fused-ring (bicyclic) bond motifs is 2. The van der Waals surface area contributed by atoms with Crippen LogP contribution in [0.5, 0.6) is 5.75 Å². The second kappa shape index (κ2) is 6.83. The maximum atomic E-state index is 12.6. The second-order valence-corrected chi connectivity index (χ2v) is 6.84. The molecule has 1 saturated heterocycles. The molecule has 2 amide bonds. The first kappa shape index (κ1) is 17.2. The number of carbonyl (C=O) groups is 2. The minimum absolute atomic E-state index is 0.0240. The van der Waals surface area contributed by atoms with E-state index in [9.17, 15) is 14.5 Å². The van der Waals surface area contributed by atoms with E-state index in [0.717, 1.165) is 11.3 Å². The summed E-state index contributed by atoms with van der Waals surface area (Å²) in [5.41, 5.74) is 1.68. The van der Waals surface area contributed by atoms with Crippen molar-refractivity contribution in [2.45, 2.75) is 18.3 Å². The van der Waals surface area contributed by atoms with E-state index in [-0.39, 0.29) is 18.4 Å². The molecule has 1 spiro atoms. The van der Waals surface area contributed by atoms with Gasteiger partial charge < -0.3 is 15.0 Å². The Balaban J connectivity index is 1.37. The van der Waals surface area contributed by atoms with Gasteiger partial charge in [0.15, 0.2) is 6.61 Å². The number of anilines is 1. The van der Waals surface area contributed by atoms with E-state index in [1.165, 1.54) is 12.1 Å². The van der Waals surface area contributed by atoms with Gasteiger partial charge in [-0.25, -0.2) is 0 Å². The van der Waals surface area contributed by atoms with Crippen LogP contribution in [0, 0.1) is 4.91 Å². The lowest BCUT2D eigenvalue weighted by molar-refractivity contribution is -0.137. The number of hydrogen-bond acceptors (Lipinski definition) is 5. The molecule has 0 radical (unpaired) electrons. The summed E-state index contributed by atoms with van der Waals surface area (Å²) in [5, 5.41) is 5.78. The maximum Gasteiger partial charge on any atom is 0.260 e. The predicted molar refractivity (Wildman–Crippen MR) is 100.0 cm³/mol. The molecule has 0 saturated carbocycles. The number of nitroso groups, excluding NO2 is 1. The molecule has 2 aromatic carbocycles. The zero-order valence-corrected chi connectivity index (χ0v) is 14.7. The molecule has 1 N–H and O–H groups in total. The first-order valence-electron chi connectivity index (χ1n) is 8.87. The Labute approximate surface area is 156 Å². The van der Waals surface area contributed by atoms with E-state index < -0.39 is 5.41 Å². The van der Waals surface area contributed by atoms with Crippen LogP contribution in [0.15, 0.2) is 53.7 Å². The molecule has 0 bridgehead atoms. The largest absolute Gasteiger partial charge is 0.484 e. The van der Waals surface area contributed by atoms with Crippen molar-refractivity contribution < 1.29 is 14.3 Å². The Hall–Kier alpha value is -3.22. The molecule has 2 aliphatic heterocycles. The lowest BCUT2D eigenvalue weighted by Gasteiger charge is -2.37. The van der Waals surface area contributed by atoms with Crippen LogP contribution in [0.3, 0.4) is 0 Å². The van der Waals surface area contributed by atoms with Crippen molar-refractivity contribution in [3.63, 3.8) is 0 Å². The molecule has 0 atom stereocenters. The average molecular weight is 365 g/mol. The predicted octanol–water partition coefficient (Wildman–Crippen LogP) is 2.98. The minimum Gasteiger partial charge on any atom is -0.484 e. The standard InChI is InChI=1S/C20H19N3O4/c24-18(13-27-15-7-5-14(22-26)6-8-15)23-11-9-20(10-12-23)16-3-1-2-4-17(16)21-19(20)25/h1-8H,9-13H2,(H,21,25). The molecule has 2 aliphatic rings. The number of rotatable bonds is 4. The highest BCUT2D eigenvalue weighted by molar-refractivity contribution is 6.06. The zero-order valence-electron chi connectivity index (χ0n) is 14.7. The summed E-state index contributed by atoms with van der Waals surface area (Å²) in [7, 11) is 0. The normalized spacial score (nSPS) is 17.3. The highest BCUT2D eigenvalue weighted by Gasteiger charge is 2.48. The van der Waals surface area contributed by atoms with Gasteiger partial charge in [-0.3, -0.25) is 9.59 Å². The number of hydrogen-bond donors (Lipinski definition) is 1. The quantitative estimate of drug-likeness (QED) is 0.844. The average Bonchev–Trinajstić information content (AvgIpc) is 2.98. The number of amides is 2. The second-order valence-electron chi connectivity index (χ2n) is 6.84. The van der Waals surface area contributed by atoms with Crippen molar-refractivity contribution in [3.05, 3.63) is 59.0 Å². The third-order valence-electron chi connectivity index (χ3n) is 5.40. The van der Waals surface area contributed by atoms with Crippen LogP contribution in [0.25, 0.3) is 0 Å². The molecule has 27 heavy (non-hydrogen) atoms. The van der Waals surface area contributed by atoms with Gasteiger partial charge in [0.2, 0.25) is 5.91 Å². The monoisotopic (exact) mass is 365 g/mol. The van der Waals surface area contributed by atoms with E-state index in [4.69, 9.17) is 4.74 Å². The van der Waals surface area contributed by atoms with Gasteiger partial charge in [-0.15, -0.1) is 4.91 Å². The van der Waals surface area contributed by atoms with Gasteiger partial charge in [0.1, 0.15) is 11.4 Å². The smallest absolute Gasteiger partial charge is 0.260 e. The molecule has 1 fully saturated rings. The zero-order chi connectivity index (χ0) is 18.9. The van der Waals surface area contributed by atoms with Crippen LogP contribution >= 0.6 is 0 Å². The highest BCUT2D eigenvalue weighted by Crippen LogP contribution is 2.44. The summed E-state index contributed by atoms with van der Waals surface area (Å²) in [4.78, 5) is 37.2. The SMILES string of the molecule is O=Nc1ccc(OCC(=O)N2CCC3(CC2)C(=O)Nc2ccccc23)cc1. The summed E-state index contributed by atoms with van der Waals surface area (Å²) in [6, 6.07) is 14.0. The van der Waals surface area contributed by atoms with Crippen LogP contribution < -0.4 is 10.1 Å². The highest BCUT2D eigenvalue weighted by atomic mass is 16.5. The van der Waals surface area contributed by atoms with Crippen molar-refractivity contribution in [1.29, 1.82) is 0 Å². The lowest BCUT2D eigenvalue weighted by atomic mass is 9.73. The summed E-state index contributed by atoms with van der Waals surface area (Å²) < 4.78 is 5.50. The van der Waals surface area contributed by atoms with E-state index >= 15 is 0 Å². The van der Waals surface area contributed by atoms with Crippen molar-refractivity contribution in [1.82, 2.24) is 4.90 Å². The van der Waals surface area contributed by atoms with Crippen LogP contribution in [0.2, 0.25) is 0 Å². The number of piperidine rings is 1. The molecule has 7 heteroatoms. The van der Waals surface area contributed by atoms with Crippen molar-refractivity contribution in [2.24, 2.45) is 5.18 Å². The van der Waals surface area contributed by atoms with Gasteiger partial charge in [-0.05, 0) is 53.9 Å². The van der Waals surface area contributed by atoms with Crippen LogP contribution in [-0.4, -0.2) is 36.4 Å². The first-order chi connectivity index (χ1) is 13.1. The van der Waals surface area contributed by atoms with Gasteiger partial charge in [0.05, 0.1) is 5.41 Å². The van der Waals surface area contributed by atoms with Gasteiger partial charge in [0.25, 0.3) is 5.91 Å². The van der Waals surface area contributed by atoms with Crippen LogP contribution in [0.1, 0.15) is 18.4 Å². The summed E-state index contributed by atoms with van der Waals surface area (Å²) >= 11 is 0. The molecule has 4 rings (SSSR count). The lowest BCUT2D eigenvalue weighted by Crippen LogP contribution is -2.49. The summed E-state index contributed by atoms with van der Waals surface area (Å²) in [6.07, 6.45) is 1.20. The number of benzene rings is 2. The van der Waals surface area contributed by atoms with Gasteiger partial charge >= 0.3 is 0 Å². The fourth-order valence-electron chi connectivity index (χ4n) is 3.85. The Morgan fingerprint density at radius 2 is 1.81 bits per heavy atom. The van der Waals surface area contributed by atoms with E-state index in [0.29, 0.717) is 37.4 Å². The first-order valence-corrected chi connectivity index (χ1v) is 8.87. The number of nitrogens with one attached hydrogen (secondary N) is 1. The Morgan fingerprint density at radius 3 is 2.52 bits per heavy atom. The van der Waals surface area contributed by atoms with Crippen molar-refractivity contribution in [3.8, 4) is 5.75 Å². The third-order valence-corrected chi connectivity index (χ3v) is 5.40. The molecule has 7 nitrogen and oxygen atoms in total. The molecular weight excluding hydrogens is 346 g/mol. The molecule has 2 aromatic rings. The fourth-order valence-corrected chi connectivity index (χ4v) is 3.85. The molecular formula is C20H19N3O4. The molecule has 2 heterocycles. The molecule has 0 aromatic heterocycles. The maximum absolute atomic E-state index is 12.6. The van der Waals surface area contributed by atoms with Gasteiger partial charge in [-0.2, -0.15) is 0 Å². The topological polar surface area (TPSA) is 88.1 Å². The van der Waals surface area contributed by atoms with Gasteiger partial charge in [-0.1, -0.05) is 18.2 Å². The number of ether oxygens (including phenoxy) is 1. The Kier molecular flexibility index (Phi) is 4.35. The van der Waals surface area contributed by atoms with E-state index in [1.807, 2.05) is 24.3 Å². The van der Waals surface area contributed by atoms with Crippen molar-refractivity contribution in [2.75, 3.05) is 25.0 Å². The third kappa shape index (κ3) is 3.05. The minimum atomic E-state index is -0.536. The van der Waals surface area contributed by atoms with E-state index in [1.54, 1.807) is 17.0 Å². The summed E-state index contributed by atoms with van der Waals surface area (Å²) in [5.74, 6) is 0.415. The fraction of sp³-hybridized carbons (Fsp3) is 0.300.